The highest BCUT2D eigenvalue weighted by molar-refractivity contribution is 5.98. The molecule has 0 heterocycles. The van der Waals surface area contributed by atoms with Gasteiger partial charge in [-0.15, -0.1) is 0 Å². The molecule has 13 N–H and O–H groups in total. The van der Waals surface area contributed by atoms with Crippen molar-refractivity contribution in [1.82, 2.24) is 42.5 Å². The number of nitrogens with one attached hydrogen (secondary N) is 8. The molecule has 0 fully saturated rings. The predicted molar refractivity (Wildman–Crippen MR) is 207 cm³/mol. The normalized spacial score (nSPS) is 15.0. The Labute approximate surface area is 341 Å². The van der Waals surface area contributed by atoms with Gasteiger partial charge in [-0.3, -0.25) is 52.7 Å². The lowest BCUT2D eigenvalue weighted by molar-refractivity contribution is -0.142. The van der Waals surface area contributed by atoms with Crippen molar-refractivity contribution in [3.63, 3.8) is 0 Å². The van der Waals surface area contributed by atoms with Crippen molar-refractivity contribution >= 4 is 65.2 Å². The Bertz CT molecular complexity index is 1540. The van der Waals surface area contributed by atoms with Crippen LogP contribution in [0.5, 0.6) is 0 Å². The Morgan fingerprint density at radius 3 is 1.42 bits per heavy atom. The van der Waals surface area contributed by atoms with Crippen LogP contribution in [-0.4, -0.2) is 136 Å². The molecule has 59 heavy (non-hydrogen) atoms. The fourth-order valence-electron chi connectivity index (χ4n) is 5.22. The Morgan fingerprint density at radius 1 is 0.475 bits per heavy atom. The van der Waals surface area contributed by atoms with E-state index in [1.165, 1.54) is 6.92 Å². The molecule has 8 atom stereocenters. The fourth-order valence-corrected chi connectivity index (χ4v) is 5.22. The third-order valence-electron chi connectivity index (χ3n) is 8.58. The fraction of sp³-hybridized carbons (Fsp3) is 0.694. The van der Waals surface area contributed by atoms with Crippen LogP contribution in [0.25, 0.3) is 0 Å². The lowest BCUT2D eigenvalue weighted by Crippen LogP contribution is -2.60. The summed E-state index contributed by atoms with van der Waals surface area (Å²) in [6, 6.07) is -9.58. The Morgan fingerprint density at radius 2 is 0.932 bits per heavy atom. The van der Waals surface area contributed by atoms with Crippen molar-refractivity contribution in [1.29, 1.82) is 0 Å². The molecule has 0 aliphatic carbocycles. The first-order valence-corrected chi connectivity index (χ1v) is 19.1. The highest BCUT2D eigenvalue weighted by Gasteiger charge is 2.35. The summed E-state index contributed by atoms with van der Waals surface area (Å²) in [6.45, 7) is 11.6. The van der Waals surface area contributed by atoms with Gasteiger partial charge in [-0.2, -0.15) is 0 Å². The first-order chi connectivity index (χ1) is 27.3. The summed E-state index contributed by atoms with van der Waals surface area (Å²) in [5.74, 6) is -12.4. The number of carboxylic acid groups (broad SMARTS) is 3. The van der Waals surface area contributed by atoms with Crippen molar-refractivity contribution in [3.05, 3.63) is 0 Å². The quantitative estimate of drug-likeness (QED) is 0.0385. The Balaban J connectivity index is 5.88. The summed E-state index contributed by atoms with van der Waals surface area (Å²) in [5.41, 5.74) is 5.86. The van der Waals surface area contributed by atoms with Crippen molar-refractivity contribution < 1.29 is 68.1 Å². The Kier molecular flexibility index (Phi) is 23.6. The number of carbonyl (C=O) groups excluding carboxylic acids is 8. The van der Waals surface area contributed by atoms with Gasteiger partial charge in [0.05, 0.1) is 25.4 Å². The van der Waals surface area contributed by atoms with Crippen LogP contribution < -0.4 is 48.3 Å². The largest absolute Gasteiger partial charge is 0.481 e. The molecule has 0 radical (unpaired) electrons. The van der Waals surface area contributed by atoms with Crippen LogP contribution in [-0.2, 0) is 52.7 Å². The summed E-state index contributed by atoms with van der Waals surface area (Å²) >= 11 is 0. The van der Waals surface area contributed by atoms with Gasteiger partial charge in [0.2, 0.25) is 47.3 Å². The minimum Gasteiger partial charge on any atom is -0.481 e. The van der Waals surface area contributed by atoms with Gasteiger partial charge in [-0.25, -0.2) is 0 Å². The molecule has 0 aromatic heterocycles. The van der Waals surface area contributed by atoms with E-state index in [9.17, 15) is 57.8 Å². The van der Waals surface area contributed by atoms with E-state index in [2.05, 4.69) is 37.2 Å². The molecule has 0 aromatic rings. The number of carbonyl (C=O) groups is 11. The van der Waals surface area contributed by atoms with Gasteiger partial charge in [0.15, 0.2) is 0 Å². The number of rotatable bonds is 27. The molecule has 8 amide bonds. The third-order valence-corrected chi connectivity index (χ3v) is 8.58. The van der Waals surface area contributed by atoms with Crippen molar-refractivity contribution in [2.75, 3.05) is 13.1 Å². The smallest absolute Gasteiger partial charge is 0.322 e. The molecule has 0 unspecified atom stereocenters. The highest BCUT2D eigenvalue weighted by atomic mass is 16.4. The zero-order chi connectivity index (χ0) is 45.7. The molecule has 0 aliphatic heterocycles. The van der Waals surface area contributed by atoms with Gasteiger partial charge in [0, 0.05) is 0 Å². The SMILES string of the molecule is CC[C@H](C)[C@H](NC(=O)[C@H](CC(C)C)NC(=O)CNC(=O)[C@H](C)NC(=O)[C@@H](N)CC(C)C)C(=O)N[C@@H](CC(=O)O)C(=O)N[C@@H](C)C(=O)N[C@@H](CC(=O)O)C(=O)NCC(=O)O. The summed E-state index contributed by atoms with van der Waals surface area (Å²) < 4.78 is 0. The van der Waals surface area contributed by atoms with E-state index >= 15 is 0 Å². The van der Waals surface area contributed by atoms with E-state index in [4.69, 9.17) is 15.9 Å². The average molecular weight is 844 g/mol. The van der Waals surface area contributed by atoms with Crippen LogP contribution in [0.3, 0.4) is 0 Å². The molecule has 0 saturated carbocycles. The lowest BCUT2D eigenvalue weighted by atomic mass is 9.96. The second-order valence-electron chi connectivity index (χ2n) is 15.0. The second kappa shape index (κ2) is 26.2. The molecule has 23 nitrogen and oxygen atoms in total. The highest BCUT2D eigenvalue weighted by Crippen LogP contribution is 2.12. The molecule has 0 aliphatic rings. The van der Waals surface area contributed by atoms with Crippen LogP contribution in [0.2, 0.25) is 0 Å². The molecule has 23 heteroatoms. The first-order valence-electron chi connectivity index (χ1n) is 19.1. The molecule has 0 bridgehead atoms. The van der Waals surface area contributed by atoms with E-state index in [0.717, 1.165) is 6.92 Å². The predicted octanol–water partition coefficient (Wildman–Crippen LogP) is -3.33. The maximum absolute atomic E-state index is 13.6. The molecule has 0 spiro atoms. The zero-order valence-corrected chi connectivity index (χ0v) is 34.6. The third kappa shape index (κ3) is 21.5. The van der Waals surface area contributed by atoms with Gasteiger partial charge in [-0.1, -0.05) is 48.0 Å². The number of hydrogen-bond acceptors (Lipinski definition) is 12. The lowest BCUT2D eigenvalue weighted by Gasteiger charge is -2.29. The zero-order valence-electron chi connectivity index (χ0n) is 34.6. The molecule has 0 saturated heterocycles. The van der Waals surface area contributed by atoms with Crippen molar-refractivity contribution in [2.24, 2.45) is 23.5 Å². The van der Waals surface area contributed by atoms with Crippen LogP contribution in [0, 0.1) is 17.8 Å². The van der Waals surface area contributed by atoms with E-state index in [-0.39, 0.29) is 18.3 Å². The first kappa shape index (κ1) is 53.1. The van der Waals surface area contributed by atoms with Gasteiger partial charge < -0.3 is 63.6 Å². The van der Waals surface area contributed by atoms with Gasteiger partial charge in [0.1, 0.15) is 42.8 Å². The topological polar surface area (TPSA) is 371 Å². The number of aliphatic carboxylic acids is 3. The summed E-state index contributed by atoms with van der Waals surface area (Å²) in [6.07, 6.45) is -1.17. The minimum atomic E-state index is -1.82. The van der Waals surface area contributed by atoms with Crippen molar-refractivity contribution in [3.8, 4) is 0 Å². The maximum Gasteiger partial charge on any atom is 0.322 e. The van der Waals surface area contributed by atoms with Gasteiger partial charge in [-0.05, 0) is 44.4 Å². The summed E-state index contributed by atoms with van der Waals surface area (Å²) in [7, 11) is 0. The molecule has 0 aromatic carbocycles. The van der Waals surface area contributed by atoms with Crippen LogP contribution >= 0.6 is 0 Å². The van der Waals surface area contributed by atoms with Crippen LogP contribution in [0.1, 0.15) is 87.5 Å². The minimum absolute atomic E-state index is 0.0824. The summed E-state index contributed by atoms with van der Waals surface area (Å²) in [5, 5.41) is 45.8. The standard InChI is InChI=1S/C36H61N9O14/c1-9-18(6)29(45-35(58)22(11-17(4)5)42-25(46)14-38-30(53)19(7)40-32(55)21(37)10-16(2)3)36(59)44-24(13-27(49)50)34(57)41-20(8)31(54)43-23(12-26(47)48)33(56)39-15-28(51)52/h16-24,29H,9-15,37H2,1-8H3,(H,38,53)(H,39,56)(H,40,55)(H,41,57)(H,42,46)(H,43,54)(H,44,59)(H,45,58)(H,47,48)(H,49,50)(H,51,52)/t18-,19-,20-,21-,22-,23-,24-,29-/m0/s1. The van der Waals surface area contributed by atoms with Gasteiger partial charge in [0.25, 0.3) is 0 Å². The average Bonchev–Trinajstić information content (AvgIpc) is 3.12. The number of hydrogen-bond donors (Lipinski definition) is 12. The van der Waals surface area contributed by atoms with E-state index in [1.54, 1.807) is 27.7 Å². The summed E-state index contributed by atoms with van der Waals surface area (Å²) in [4.78, 5) is 137. The van der Waals surface area contributed by atoms with E-state index in [0.29, 0.717) is 12.8 Å². The number of carboxylic acids is 3. The van der Waals surface area contributed by atoms with Crippen LogP contribution in [0.4, 0.5) is 0 Å². The molecule has 0 rings (SSSR count). The number of nitrogens with two attached hydrogens (primary N) is 1. The monoisotopic (exact) mass is 843 g/mol. The maximum atomic E-state index is 13.6. The van der Waals surface area contributed by atoms with Gasteiger partial charge >= 0.3 is 17.9 Å². The van der Waals surface area contributed by atoms with Crippen molar-refractivity contribution in [2.45, 2.75) is 130 Å². The molecular weight excluding hydrogens is 782 g/mol. The Hall–Kier alpha value is -5.87. The molecule has 334 valence electrons. The van der Waals surface area contributed by atoms with E-state index < -0.39 is 139 Å². The van der Waals surface area contributed by atoms with Crippen LogP contribution in [0.15, 0.2) is 0 Å². The van der Waals surface area contributed by atoms with E-state index in [1.807, 2.05) is 19.2 Å². The second-order valence-corrected chi connectivity index (χ2v) is 15.0. The molecular formula is C36H61N9O14. The number of amides is 8.